The van der Waals surface area contributed by atoms with Crippen molar-refractivity contribution < 1.29 is 14.3 Å². The molecule has 1 N–H and O–H groups in total. The van der Waals surface area contributed by atoms with Gasteiger partial charge in [0, 0.05) is 36.7 Å². The summed E-state index contributed by atoms with van der Waals surface area (Å²) in [4.78, 5) is 17.2. The highest BCUT2D eigenvalue weighted by Crippen LogP contribution is 2.21. The first-order valence-electron chi connectivity index (χ1n) is 7.26. The number of carbonyl (C=O) groups excluding carboxylic acids is 1. The van der Waals surface area contributed by atoms with E-state index in [4.69, 9.17) is 9.47 Å². The van der Waals surface area contributed by atoms with Gasteiger partial charge in [-0.3, -0.25) is 4.90 Å². The van der Waals surface area contributed by atoms with Gasteiger partial charge >= 0.3 is 5.97 Å². The van der Waals surface area contributed by atoms with Crippen LogP contribution in [0.5, 0.6) is 0 Å². The van der Waals surface area contributed by atoms with E-state index < -0.39 is 0 Å². The summed E-state index contributed by atoms with van der Waals surface area (Å²) in [6, 6.07) is 5.66. The Morgan fingerprint density at radius 3 is 2.95 bits per heavy atom. The molecular weight excluding hydrogens is 268 g/mol. The van der Waals surface area contributed by atoms with Crippen LogP contribution in [0.4, 0.5) is 0 Å². The van der Waals surface area contributed by atoms with Crippen molar-refractivity contribution in [2.75, 3.05) is 40.0 Å². The van der Waals surface area contributed by atoms with Gasteiger partial charge in [-0.05, 0) is 24.1 Å². The van der Waals surface area contributed by atoms with Crippen LogP contribution in [0.25, 0.3) is 10.9 Å². The van der Waals surface area contributed by atoms with Crippen molar-refractivity contribution >= 4 is 16.9 Å². The molecule has 0 atom stereocenters. The minimum atomic E-state index is -0.304. The molecule has 21 heavy (non-hydrogen) atoms. The lowest BCUT2D eigenvalue weighted by Crippen LogP contribution is -2.37. The summed E-state index contributed by atoms with van der Waals surface area (Å²) < 4.78 is 10.1. The minimum absolute atomic E-state index is 0.304. The lowest BCUT2D eigenvalue weighted by atomic mass is 10.1. The number of esters is 1. The number of fused-ring (bicyclic) bond motifs is 1. The smallest absolute Gasteiger partial charge is 0.337 e. The molecular formula is C16H20N2O3. The molecule has 0 radical (unpaired) electrons. The van der Waals surface area contributed by atoms with Crippen molar-refractivity contribution in [2.45, 2.75) is 6.42 Å². The van der Waals surface area contributed by atoms with Gasteiger partial charge in [0.2, 0.25) is 0 Å². The van der Waals surface area contributed by atoms with Crippen molar-refractivity contribution in [1.82, 2.24) is 9.88 Å². The number of benzene rings is 1. The largest absolute Gasteiger partial charge is 0.465 e. The molecule has 2 heterocycles. The molecule has 1 aromatic carbocycles. The van der Waals surface area contributed by atoms with E-state index in [1.165, 1.54) is 18.1 Å². The zero-order valence-corrected chi connectivity index (χ0v) is 12.2. The SMILES string of the molecule is COC(=O)c1ccc2c(CCN3CCOCC3)c[nH]c2c1. The number of ether oxygens (including phenoxy) is 2. The second kappa shape index (κ2) is 6.28. The first kappa shape index (κ1) is 14.1. The topological polar surface area (TPSA) is 54.6 Å². The average molecular weight is 288 g/mol. The van der Waals surface area contributed by atoms with Crippen LogP contribution in [-0.2, 0) is 15.9 Å². The number of H-pyrrole nitrogens is 1. The van der Waals surface area contributed by atoms with E-state index in [1.54, 1.807) is 0 Å². The third kappa shape index (κ3) is 3.09. The minimum Gasteiger partial charge on any atom is -0.465 e. The Hall–Kier alpha value is -1.85. The van der Waals surface area contributed by atoms with Crippen LogP contribution in [0.1, 0.15) is 15.9 Å². The molecule has 3 rings (SSSR count). The molecule has 112 valence electrons. The third-order valence-corrected chi connectivity index (χ3v) is 3.99. The van der Waals surface area contributed by atoms with Crippen LogP contribution < -0.4 is 0 Å². The van der Waals surface area contributed by atoms with Gasteiger partial charge in [-0.15, -0.1) is 0 Å². The maximum atomic E-state index is 11.5. The van der Waals surface area contributed by atoms with E-state index in [1.807, 2.05) is 24.4 Å². The highest BCUT2D eigenvalue weighted by Gasteiger charge is 2.12. The lowest BCUT2D eigenvalue weighted by Gasteiger charge is -2.26. The van der Waals surface area contributed by atoms with Gasteiger partial charge in [0.05, 0.1) is 25.9 Å². The highest BCUT2D eigenvalue weighted by molar-refractivity contribution is 5.95. The molecule has 1 aliphatic rings. The maximum absolute atomic E-state index is 11.5. The summed E-state index contributed by atoms with van der Waals surface area (Å²) >= 11 is 0. The number of nitrogens with zero attached hydrogens (tertiary/aromatic N) is 1. The molecule has 0 unspecified atom stereocenters. The summed E-state index contributed by atoms with van der Waals surface area (Å²) in [6.07, 6.45) is 3.03. The fourth-order valence-electron chi connectivity index (χ4n) is 2.74. The molecule has 0 bridgehead atoms. The van der Waals surface area contributed by atoms with Crippen molar-refractivity contribution in [3.63, 3.8) is 0 Å². The molecule has 0 amide bonds. The number of nitrogens with one attached hydrogen (secondary N) is 1. The van der Waals surface area contributed by atoms with E-state index in [-0.39, 0.29) is 5.97 Å². The zero-order chi connectivity index (χ0) is 14.7. The standard InChI is InChI=1S/C16H20N2O3/c1-20-16(19)12-2-3-14-13(11-17-15(14)10-12)4-5-18-6-8-21-9-7-18/h2-3,10-11,17H,4-9H2,1H3. The number of aromatic amines is 1. The van der Waals surface area contributed by atoms with Gasteiger partial charge in [0.15, 0.2) is 0 Å². The molecule has 5 heteroatoms. The van der Waals surface area contributed by atoms with Crippen molar-refractivity contribution in [3.05, 3.63) is 35.5 Å². The number of morpholine rings is 1. The zero-order valence-electron chi connectivity index (χ0n) is 12.2. The number of aromatic nitrogens is 1. The van der Waals surface area contributed by atoms with Gasteiger partial charge in [0.1, 0.15) is 0 Å². The Morgan fingerprint density at radius 1 is 1.38 bits per heavy atom. The van der Waals surface area contributed by atoms with Crippen LogP contribution in [-0.4, -0.2) is 55.8 Å². The van der Waals surface area contributed by atoms with Crippen LogP contribution in [0.3, 0.4) is 0 Å². The van der Waals surface area contributed by atoms with Crippen molar-refractivity contribution in [1.29, 1.82) is 0 Å². The third-order valence-electron chi connectivity index (χ3n) is 3.99. The van der Waals surface area contributed by atoms with Crippen molar-refractivity contribution in [3.8, 4) is 0 Å². The lowest BCUT2D eigenvalue weighted by molar-refractivity contribution is 0.0385. The summed E-state index contributed by atoms with van der Waals surface area (Å²) in [6.45, 7) is 4.71. The Bertz CT molecular complexity index is 629. The second-order valence-corrected chi connectivity index (χ2v) is 5.27. The number of carbonyl (C=O) groups is 1. The molecule has 5 nitrogen and oxygen atoms in total. The van der Waals surface area contributed by atoms with Crippen LogP contribution in [0, 0.1) is 0 Å². The Morgan fingerprint density at radius 2 is 2.19 bits per heavy atom. The maximum Gasteiger partial charge on any atom is 0.337 e. The summed E-state index contributed by atoms with van der Waals surface area (Å²) in [7, 11) is 1.40. The van der Waals surface area contributed by atoms with Crippen LogP contribution in [0.2, 0.25) is 0 Å². The van der Waals surface area contributed by atoms with E-state index in [0.717, 1.165) is 44.8 Å². The van der Waals surface area contributed by atoms with Gasteiger partial charge in [0.25, 0.3) is 0 Å². The average Bonchev–Trinajstić information content (AvgIpc) is 2.95. The highest BCUT2D eigenvalue weighted by atomic mass is 16.5. The Kier molecular flexibility index (Phi) is 4.22. The number of rotatable bonds is 4. The summed E-state index contributed by atoms with van der Waals surface area (Å²) in [5.74, 6) is -0.304. The number of methoxy groups -OCH3 is 1. The van der Waals surface area contributed by atoms with Crippen molar-refractivity contribution in [2.24, 2.45) is 0 Å². The summed E-state index contributed by atoms with van der Waals surface area (Å²) in [5, 5.41) is 1.18. The first-order chi connectivity index (χ1) is 10.3. The van der Waals surface area contributed by atoms with E-state index >= 15 is 0 Å². The van der Waals surface area contributed by atoms with E-state index in [2.05, 4.69) is 9.88 Å². The van der Waals surface area contributed by atoms with Gasteiger partial charge < -0.3 is 14.5 Å². The van der Waals surface area contributed by atoms with Crippen LogP contribution >= 0.6 is 0 Å². The monoisotopic (exact) mass is 288 g/mol. The molecule has 0 aliphatic carbocycles. The predicted molar refractivity (Wildman–Crippen MR) is 80.6 cm³/mol. The second-order valence-electron chi connectivity index (χ2n) is 5.27. The molecule has 0 spiro atoms. The quantitative estimate of drug-likeness (QED) is 0.872. The summed E-state index contributed by atoms with van der Waals surface area (Å²) in [5.41, 5.74) is 2.84. The van der Waals surface area contributed by atoms with E-state index in [9.17, 15) is 4.79 Å². The molecule has 1 aromatic heterocycles. The van der Waals surface area contributed by atoms with Crippen LogP contribution in [0.15, 0.2) is 24.4 Å². The molecule has 1 fully saturated rings. The number of hydrogen-bond acceptors (Lipinski definition) is 4. The van der Waals surface area contributed by atoms with Gasteiger partial charge in [-0.1, -0.05) is 6.07 Å². The van der Waals surface area contributed by atoms with Gasteiger partial charge in [-0.2, -0.15) is 0 Å². The molecule has 1 aliphatic heterocycles. The number of hydrogen-bond donors (Lipinski definition) is 1. The predicted octanol–water partition coefficient (Wildman–Crippen LogP) is 1.83. The Balaban J connectivity index is 1.72. The fraction of sp³-hybridized carbons (Fsp3) is 0.438. The van der Waals surface area contributed by atoms with E-state index in [0.29, 0.717) is 5.56 Å². The molecule has 0 saturated carbocycles. The normalized spacial score (nSPS) is 16.2. The molecule has 1 saturated heterocycles. The molecule has 2 aromatic rings. The van der Waals surface area contributed by atoms with Gasteiger partial charge in [-0.25, -0.2) is 4.79 Å². The first-order valence-corrected chi connectivity index (χ1v) is 7.26. The Labute approximate surface area is 123 Å². The fourth-order valence-corrected chi connectivity index (χ4v) is 2.74.